The molecule has 13 heavy (non-hydrogen) atoms. The lowest BCUT2D eigenvalue weighted by Gasteiger charge is -2.30. The Labute approximate surface area is 82.7 Å². The lowest BCUT2D eigenvalue weighted by Crippen LogP contribution is -2.42. The summed E-state index contributed by atoms with van der Waals surface area (Å²) < 4.78 is 23.9. The van der Waals surface area contributed by atoms with Crippen LogP contribution in [0.25, 0.3) is 0 Å². The van der Waals surface area contributed by atoms with Crippen LogP contribution in [0.4, 0.5) is 8.78 Å². The molecule has 1 fully saturated rings. The number of alkyl halides is 2. The van der Waals surface area contributed by atoms with Gasteiger partial charge in [-0.15, -0.1) is 0 Å². The molecule has 0 radical (unpaired) electrons. The van der Waals surface area contributed by atoms with Gasteiger partial charge in [-0.25, -0.2) is 8.78 Å². The van der Waals surface area contributed by atoms with E-state index in [-0.39, 0.29) is 6.54 Å². The van der Waals surface area contributed by atoms with Gasteiger partial charge in [-0.1, -0.05) is 12.8 Å². The Kier molecular flexibility index (Phi) is 5.02. The van der Waals surface area contributed by atoms with E-state index in [4.69, 9.17) is 0 Å². The molecule has 0 heterocycles. The summed E-state index contributed by atoms with van der Waals surface area (Å²) in [4.78, 5) is 0. The van der Waals surface area contributed by atoms with E-state index < -0.39 is 6.43 Å². The molecule has 2 atom stereocenters. The summed E-state index contributed by atoms with van der Waals surface area (Å²) in [5, 5.41) is 3.49. The molecule has 0 aromatic heterocycles. The summed E-state index contributed by atoms with van der Waals surface area (Å²) in [6.07, 6.45) is 4.49. The normalized spacial score (nSPS) is 29.5. The summed E-state index contributed by atoms with van der Waals surface area (Å²) in [6.45, 7) is -0.151. The van der Waals surface area contributed by atoms with E-state index >= 15 is 0 Å². The SMILES string of the molecule is CSC1CCCCC1NCC(F)F. The maximum absolute atomic E-state index is 12.0. The van der Waals surface area contributed by atoms with Gasteiger partial charge in [-0.3, -0.25) is 0 Å². The third kappa shape index (κ3) is 3.81. The molecule has 1 rings (SSSR count). The van der Waals surface area contributed by atoms with Crippen molar-refractivity contribution in [1.82, 2.24) is 5.32 Å². The molecule has 0 aromatic carbocycles. The molecule has 1 aliphatic carbocycles. The number of thioether (sulfide) groups is 1. The largest absolute Gasteiger partial charge is 0.308 e. The fourth-order valence-electron chi connectivity index (χ4n) is 1.85. The predicted molar refractivity (Wildman–Crippen MR) is 53.6 cm³/mol. The molecular formula is C9H17F2NS. The second-order valence-electron chi connectivity index (χ2n) is 3.46. The van der Waals surface area contributed by atoms with Crippen molar-refractivity contribution in [3.63, 3.8) is 0 Å². The average Bonchev–Trinajstić information content (AvgIpc) is 2.15. The molecular weight excluding hydrogens is 192 g/mol. The van der Waals surface area contributed by atoms with Gasteiger partial charge in [0.15, 0.2) is 0 Å². The molecule has 0 aliphatic heterocycles. The van der Waals surface area contributed by atoms with Gasteiger partial charge < -0.3 is 5.32 Å². The van der Waals surface area contributed by atoms with E-state index in [1.54, 1.807) is 11.8 Å². The lowest BCUT2D eigenvalue weighted by atomic mass is 9.95. The van der Waals surface area contributed by atoms with E-state index in [1.165, 1.54) is 19.3 Å². The van der Waals surface area contributed by atoms with Gasteiger partial charge in [0.25, 0.3) is 6.43 Å². The van der Waals surface area contributed by atoms with Crippen LogP contribution in [0.3, 0.4) is 0 Å². The van der Waals surface area contributed by atoms with Crippen molar-refractivity contribution in [3.8, 4) is 0 Å². The van der Waals surface area contributed by atoms with Crippen LogP contribution >= 0.6 is 11.8 Å². The minimum absolute atomic E-state index is 0.151. The van der Waals surface area contributed by atoms with Crippen molar-refractivity contribution in [2.75, 3.05) is 12.8 Å². The first-order valence-corrected chi connectivity index (χ1v) is 6.07. The Morgan fingerprint density at radius 3 is 2.69 bits per heavy atom. The molecule has 78 valence electrons. The first kappa shape index (κ1) is 11.2. The van der Waals surface area contributed by atoms with E-state index in [0.29, 0.717) is 11.3 Å². The van der Waals surface area contributed by atoms with Crippen molar-refractivity contribution in [1.29, 1.82) is 0 Å². The Morgan fingerprint density at radius 2 is 2.08 bits per heavy atom. The molecule has 1 aliphatic rings. The van der Waals surface area contributed by atoms with Gasteiger partial charge in [-0.2, -0.15) is 11.8 Å². The number of hydrogen-bond donors (Lipinski definition) is 1. The first-order chi connectivity index (χ1) is 6.24. The third-order valence-corrected chi connectivity index (χ3v) is 3.71. The maximum atomic E-state index is 12.0. The Balaban J connectivity index is 2.27. The minimum Gasteiger partial charge on any atom is -0.308 e. The van der Waals surface area contributed by atoms with Crippen molar-refractivity contribution < 1.29 is 8.78 Å². The highest BCUT2D eigenvalue weighted by Gasteiger charge is 2.24. The standard InChI is InChI=1S/C9H17F2NS/c1-13-8-5-3-2-4-7(8)12-6-9(10)11/h7-9,12H,2-6H2,1H3. The van der Waals surface area contributed by atoms with E-state index in [0.717, 1.165) is 6.42 Å². The minimum atomic E-state index is -2.22. The Morgan fingerprint density at radius 1 is 1.38 bits per heavy atom. The summed E-state index contributed by atoms with van der Waals surface area (Å²) in [5.41, 5.74) is 0. The van der Waals surface area contributed by atoms with Crippen LogP contribution in [0.15, 0.2) is 0 Å². The Hall–Kier alpha value is 0.170. The zero-order valence-electron chi connectivity index (χ0n) is 7.93. The summed E-state index contributed by atoms with van der Waals surface area (Å²) in [6, 6.07) is 0.303. The molecule has 0 amide bonds. The highest BCUT2D eigenvalue weighted by atomic mass is 32.2. The maximum Gasteiger partial charge on any atom is 0.250 e. The topological polar surface area (TPSA) is 12.0 Å². The van der Waals surface area contributed by atoms with Crippen LogP contribution in [0, 0.1) is 0 Å². The molecule has 4 heteroatoms. The predicted octanol–water partition coefficient (Wildman–Crippen LogP) is 2.52. The molecule has 1 saturated carbocycles. The number of halogens is 2. The van der Waals surface area contributed by atoms with Crippen molar-refractivity contribution in [2.45, 2.75) is 43.4 Å². The number of hydrogen-bond acceptors (Lipinski definition) is 2. The molecule has 0 saturated heterocycles. The van der Waals surface area contributed by atoms with Crippen molar-refractivity contribution in [3.05, 3.63) is 0 Å². The second-order valence-corrected chi connectivity index (χ2v) is 4.54. The van der Waals surface area contributed by atoms with Crippen LogP contribution in [-0.4, -0.2) is 30.5 Å². The van der Waals surface area contributed by atoms with Crippen molar-refractivity contribution in [2.24, 2.45) is 0 Å². The van der Waals surface area contributed by atoms with Crippen molar-refractivity contribution >= 4 is 11.8 Å². The van der Waals surface area contributed by atoms with Gasteiger partial charge in [0.05, 0.1) is 6.54 Å². The number of rotatable bonds is 4. The van der Waals surface area contributed by atoms with Crippen LogP contribution in [-0.2, 0) is 0 Å². The fourth-order valence-corrected chi connectivity index (χ4v) is 2.82. The molecule has 0 bridgehead atoms. The number of nitrogens with one attached hydrogen (secondary N) is 1. The van der Waals surface area contributed by atoms with Gasteiger partial charge in [0.1, 0.15) is 0 Å². The molecule has 1 N–H and O–H groups in total. The van der Waals surface area contributed by atoms with E-state index in [9.17, 15) is 8.78 Å². The fraction of sp³-hybridized carbons (Fsp3) is 1.00. The van der Waals surface area contributed by atoms with E-state index in [2.05, 4.69) is 11.6 Å². The quantitative estimate of drug-likeness (QED) is 0.763. The molecule has 0 spiro atoms. The first-order valence-electron chi connectivity index (χ1n) is 4.78. The smallest absolute Gasteiger partial charge is 0.250 e. The third-order valence-electron chi connectivity index (χ3n) is 2.54. The second kappa shape index (κ2) is 5.81. The summed E-state index contributed by atoms with van der Waals surface area (Å²) >= 11 is 1.80. The zero-order chi connectivity index (χ0) is 9.68. The zero-order valence-corrected chi connectivity index (χ0v) is 8.75. The molecule has 1 nitrogen and oxygen atoms in total. The lowest BCUT2D eigenvalue weighted by molar-refractivity contribution is 0.138. The summed E-state index contributed by atoms with van der Waals surface area (Å²) in [7, 11) is 0. The average molecular weight is 209 g/mol. The van der Waals surface area contributed by atoms with Gasteiger partial charge in [0.2, 0.25) is 0 Å². The van der Waals surface area contributed by atoms with Crippen LogP contribution in [0.2, 0.25) is 0 Å². The van der Waals surface area contributed by atoms with E-state index in [1.807, 2.05) is 0 Å². The highest BCUT2D eigenvalue weighted by Crippen LogP contribution is 2.27. The van der Waals surface area contributed by atoms with Crippen LogP contribution < -0.4 is 5.32 Å². The van der Waals surface area contributed by atoms with Crippen LogP contribution in [0.1, 0.15) is 25.7 Å². The molecule has 2 unspecified atom stereocenters. The van der Waals surface area contributed by atoms with Gasteiger partial charge in [0, 0.05) is 11.3 Å². The highest BCUT2D eigenvalue weighted by molar-refractivity contribution is 7.99. The van der Waals surface area contributed by atoms with Gasteiger partial charge >= 0.3 is 0 Å². The molecule has 0 aromatic rings. The Bertz CT molecular complexity index is 144. The monoisotopic (exact) mass is 209 g/mol. The summed E-state index contributed by atoms with van der Waals surface area (Å²) in [5.74, 6) is 0. The van der Waals surface area contributed by atoms with Crippen LogP contribution in [0.5, 0.6) is 0 Å². The van der Waals surface area contributed by atoms with Gasteiger partial charge in [-0.05, 0) is 19.1 Å².